The lowest BCUT2D eigenvalue weighted by atomic mass is 10.1. The molecule has 0 saturated carbocycles. The Morgan fingerprint density at radius 1 is 1.52 bits per heavy atom. The van der Waals surface area contributed by atoms with Gasteiger partial charge >= 0.3 is 5.97 Å². The van der Waals surface area contributed by atoms with Gasteiger partial charge in [0.1, 0.15) is 5.82 Å². The van der Waals surface area contributed by atoms with Crippen molar-refractivity contribution in [3.8, 4) is 0 Å². The van der Waals surface area contributed by atoms with E-state index in [1.54, 1.807) is 11.8 Å². The lowest BCUT2D eigenvalue weighted by Crippen LogP contribution is -2.22. The summed E-state index contributed by atoms with van der Waals surface area (Å²) < 4.78 is 4.92. The zero-order valence-corrected chi connectivity index (χ0v) is 12.5. The highest BCUT2D eigenvalue weighted by molar-refractivity contribution is 5.69. The van der Waals surface area contributed by atoms with Crippen molar-refractivity contribution in [2.75, 3.05) is 13.2 Å². The van der Waals surface area contributed by atoms with Crippen LogP contribution in [-0.4, -0.2) is 40.4 Å². The SMILES string of the molecule is CCOC(=O)CCc1cc(C2CCCN2C=O)nc(C)n1. The second-order valence-corrected chi connectivity index (χ2v) is 5.14. The maximum atomic E-state index is 11.4. The molecule has 21 heavy (non-hydrogen) atoms. The third-order valence-electron chi connectivity index (χ3n) is 3.57. The van der Waals surface area contributed by atoms with Crippen LogP contribution in [0.15, 0.2) is 6.07 Å². The normalized spacial score (nSPS) is 17.8. The van der Waals surface area contributed by atoms with E-state index in [0.717, 1.165) is 37.2 Å². The highest BCUT2D eigenvalue weighted by atomic mass is 16.5. The van der Waals surface area contributed by atoms with E-state index in [1.807, 2.05) is 13.0 Å². The van der Waals surface area contributed by atoms with Gasteiger partial charge in [0.05, 0.1) is 24.8 Å². The van der Waals surface area contributed by atoms with Gasteiger partial charge in [-0.2, -0.15) is 0 Å². The highest BCUT2D eigenvalue weighted by Crippen LogP contribution is 2.29. The summed E-state index contributed by atoms with van der Waals surface area (Å²) in [6, 6.07) is 1.93. The minimum Gasteiger partial charge on any atom is -0.466 e. The molecule has 1 saturated heterocycles. The van der Waals surface area contributed by atoms with Gasteiger partial charge in [0.25, 0.3) is 0 Å². The second-order valence-electron chi connectivity index (χ2n) is 5.14. The maximum Gasteiger partial charge on any atom is 0.306 e. The van der Waals surface area contributed by atoms with E-state index in [-0.39, 0.29) is 12.0 Å². The predicted octanol–water partition coefficient (Wildman–Crippen LogP) is 1.57. The van der Waals surface area contributed by atoms with Crippen LogP contribution in [0.25, 0.3) is 0 Å². The maximum absolute atomic E-state index is 11.4. The fourth-order valence-corrected chi connectivity index (χ4v) is 2.65. The van der Waals surface area contributed by atoms with Gasteiger partial charge in [0.2, 0.25) is 6.41 Å². The van der Waals surface area contributed by atoms with Crippen LogP contribution in [-0.2, 0) is 20.7 Å². The number of esters is 1. The molecule has 1 aliphatic heterocycles. The van der Waals surface area contributed by atoms with E-state index in [2.05, 4.69) is 9.97 Å². The number of rotatable bonds is 6. The van der Waals surface area contributed by atoms with Gasteiger partial charge < -0.3 is 9.64 Å². The molecular weight excluding hydrogens is 270 g/mol. The van der Waals surface area contributed by atoms with Crippen LogP contribution >= 0.6 is 0 Å². The number of aryl methyl sites for hydroxylation is 2. The fraction of sp³-hybridized carbons (Fsp3) is 0.600. The second kappa shape index (κ2) is 7.15. The summed E-state index contributed by atoms with van der Waals surface area (Å²) in [5.41, 5.74) is 1.69. The Morgan fingerprint density at radius 2 is 2.33 bits per heavy atom. The average molecular weight is 291 g/mol. The van der Waals surface area contributed by atoms with Crippen LogP contribution in [0.4, 0.5) is 0 Å². The number of carbonyl (C=O) groups excluding carboxylic acids is 2. The van der Waals surface area contributed by atoms with Gasteiger partial charge in [-0.15, -0.1) is 0 Å². The highest BCUT2D eigenvalue weighted by Gasteiger charge is 2.26. The van der Waals surface area contributed by atoms with Gasteiger partial charge in [-0.25, -0.2) is 9.97 Å². The fourth-order valence-electron chi connectivity index (χ4n) is 2.65. The molecule has 2 heterocycles. The van der Waals surface area contributed by atoms with Gasteiger partial charge in [0, 0.05) is 18.7 Å². The molecule has 0 aliphatic carbocycles. The standard InChI is InChI=1S/C15H21N3O3/c1-3-21-15(20)7-6-12-9-13(17-11(2)16-12)14-5-4-8-18(14)10-19/h9-10,14H,3-8H2,1-2H3. The Morgan fingerprint density at radius 3 is 3.05 bits per heavy atom. The Hall–Kier alpha value is -1.98. The van der Waals surface area contributed by atoms with E-state index in [4.69, 9.17) is 4.74 Å². The number of ether oxygens (including phenoxy) is 1. The van der Waals surface area contributed by atoms with Crippen molar-refractivity contribution in [3.63, 3.8) is 0 Å². The number of aromatic nitrogens is 2. The van der Waals surface area contributed by atoms with Gasteiger partial charge in [-0.05, 0) is 32.8 Å². The van der Waals surface area contributed by atoms with Crippen LogP contribution < -0.4 is 0 Å². The van der Waals surface area contributed by atoms with E-state index in [1.165, 1.54) is 0 Å². The Labute approximate surface area is 124 Å². The van der Waals surface area contributed by atoms with E-state index < -0.39 is 0 Å². The van der Waals surface area contributed by atoms with Crippen molar-refractivity contribution in [3.05, 3.63) is 23.3 Å². The molecule has 6 heteroatoms. The number of likely N-dealkylation sites (tertiary alicyclic amines) is 1. The topological polar surface area (TPSA) is 72.4 Å². The molecule has 1 aromatic rings. The smallest absolute Gasteiger partial charge is 0.306 e. The Bertz CT molecular complexity index is 519. The molecule has 1 aromatic heterocycles. The largest absolute Gasteiger partial charge is 0.466 e. The van der Waals surface area contributed by atoms with Crippen LogP contribution in [0, 0.1) is 6.92 Å². The van der Waals surface area contributed by atoms with Crippen LogP contribution in [0.3, 0.4) is 0 Å². The van der Waals surface area contributed by atoms with Crippen molar-refractivity contribution < 1.29 is 14.3 Å². The van der Waals surface area contributed by atoms with Crippen LogP contribution in [0.2, 0.25) is 0 Å². The summed E-state index contributed by atoms with van der Waals surface area (Å²) in [6.45, 7) is 4.79. The van der Waals surface area contributed by atoms with E-state index >= 15 is 0 Å². The third-order valence-corrected chi connectivity index (χ3v) is 3.57. The van der Waals surface area contributed by atoms with Crippen molar-refractivity contribution in [1.29, 1.82) is 0 Å². The van der Waals surface area contributed by atoms with Crippen LogP contribution in [0.1, 0.15) is 49.4 Å². The molecule has 0 radical (unpaired) electrons. The molecule has 1 unspecified atom stereocenters. The number of nitrogens with zero attached hydrogens (tertiary/aromatic N) is 3. The average Bonchev–Trinajstić information content (AvgIpc) is 2.93. The molecule has 1 amide bonds. The molecule has 6 nitrogen and oxygen atoms in total. The quantitative estimate of drug-likeness (QED) is 0.587. The predicted molar refractivity (Wildman–Crippen MR) is 76.5 cm³/mol. The first-order valence-corrected chi connectivity index (χ1v) is 7.35. The van der Waals surface area contributed by atoms with Crippen molar-refractivity contribution in [1.82, 2.24) is 14.9 Å². The van der Waals surface area contributed by atoms with Crippen molar-refractivity contribution in [2.45, 2.75) is 45.6 Å². The van der Waals surface area contributed by atoms with E-state index in [0.29, 0.717) is 25.3 Å². The van der Waals surface area contributed by atoms with Gasteiger partial charge in [-0.3, -0.25) is 9.59 Å². The zero-order chi connectivity index (χ0) is 15.2. The molecule has 1 atom stereocenters. The lowest BCUT2D eigenvalue weighted by molar-refractivity contribution is -0.143. The van der Waals surface area contributed by atoms with Crippen molar-refractivity contribution >= 4 is 12.4 Å². The molecule has 0 bridgehead atoms. The first-order chi connectivity index (χ1) is 10.1. The minimum absolute atomic E-state index is 0.0329. The summed E-state index contributed by atoms with van der Waals surface area (Å²) in [6.07, 6.45) is 3.64. The number of carbonyl (C=O) groups is 2. The molecule has 2 rings (SSSR count). The Kier molecular flexibility index (Phi) is 5.25. The van der Waals surface area contributed by atoms with Crippen LogP contribution in [0.5, 0.6) is 0 Å². The number of hydrogen-bond donors (Lipinski definition) is 0. The first-order valence-electron chi connectivity index (χ1n) is 7.35. The third kappa shape index (κ3) is 4.00. The summed E-state index contributed by atoms with van der Waals surface area (Å²) in [5.74, 6) is 0.454. The summed E-state index contributed by atoms with van der Waals surface area (Å²) >= 11 is 0. The minimum atomic E-state index is -0.217. The molecule has 1 aliphatic rings. The van der Waals surface area contributed by atoms with E-state index in [9.17, 15) is 9.59 Å². The van der Waals surface area contributed by atoms with Crippen molar-refractivity contribution in [2.24, 2.45) is 0 Å². The molecule has 1 fully saturated rings. The zero-order valence-electron chi connectivity index (χ0n) is 12.5. The van der Waals surface area contributed by atoms with Gasteiger partial charge in [0.15, 0.2) is 0 Å². The summed E-state index contributed by atoms with van der Waals surface area (Å²) in [5, 5.41) is 0. The monoisotopic (exact) mass is 291 g/mol. The summed E-state index contributed by atoms with van der Waals surface area (Å²) in [7, 11) is 0. The number of hydrogen-bond acceptors (Lipinski definition) is 5. The Balaban J connectivity index is 2.10. The molecule has 0 aromatic carbocycles. The summed E-state index contributed by atoms with van der Waals surface area (Å²) in [4.78, 5) is 33.1. The molecule has 114 valence electrons. The molecular formula is C15H21N3O3. The molecule has 0 spiro atoms. The number of amides is 1. The lowest BCUT2D eigenvalue weighted by Gasteiger charge is -2.20. The first kappa shape index (κ1) is 15.4. The van der Waals surface area contributed by atoms with Gasteiger partial charge in [-0.1, -0.05) is 0 Å². The molecule has 0 N–H and O–H groups in total.